The zero-order chi connectivity index (χ0) is 37.0. The number of benzene rings is 5. The zero-order valence-electron chi connectivity index (χ0n) is 29.8. The smallest absolute Gasteiger partial charge is 0.328 e. The number of urea groups is 1. The van der Waals surface area contributed by atoms with Crippen LogP contribution in [0.4, 0.5) is 4.79 Å². The predicted octanol–water partition coefficient (Wildman–Crippen LogP) is 7.78. The number of carbonyl (C=O) groups is 2. The molecule has 0 aliphatic carbocycles. The van der Waals surface area contributed by atoms with E-state index in [-0.39, 0.29) is 25.4 Å². The molecule has 9 nitrogen and oxygen atoms in total. The van der Waals surface area contributed by atoms with Crippen molar-refractivity contribution in [3.8, 4) is 16.9 Å². The molecule has 0 aromatic heterocycles. The van der Waals surface area contributed by atoms with E-state index in [2.05, 4.69) is 16.7 Å². The van der Waals surface area contributed by atoms with Gasteiger partial charge in [0.1, 0.15) is 11.8 Å². The summed E-state index contributed by atoms with van der Waals surface area (Å²) in [6.07, 6.45) is 0.156. The number of methoxy groups -OCH3 is 2. The van der Waals surface area contributed by atoms with Gasteiger partial charge in [0, 0.05) is 35.6 Å². The van der Waals surface area contributed by atoms with E-state index in [4.69, 9.17) is 18.9 Å². The molecule has 2 amide bonds. The van der Waals surface area contributed by atoms with Gasteiger partial charge in [-0.2, -0.15) is 0 Å². The number of thioether (sulfide) groups is 1. The average Bonchev–Trinajstić information content (AvgIpc) is 3.22. The molecule has 0 saturated carbocycles. The molecule has 1 saturated heterocycles. The first-order valence-electron chi connectivity index (χ1n) is 17.5. The number of rotatable bonds is 14. The van der Waals surface area contributed by atoms with E-state index in [0.717, 1.165) is 55.3 Å². The fraction of sp³-hybridized carbons (Fsp3) is 0.256. The number of para-hydroxylation sites is 1. The SMILES string of the molecule is COC(=O)C(Cc1ccccc1)NC(=O)NCc1cccc(-c2ccc(C3OC(CSc4ccccc4OC)CC(c4ccc(CO)cc4)O3)cc2)c1. The molecule has 1 fully saturated rings. The summed E-state index contributed by atoms with van der Waals surface area (Å²) in [4.78, 5) is 26.3. The quantitative estimate of drug-likeness (QED) is 0.0784. The largest absolute Gasteiger partial charge is 0.496 e. The number of ether oxygens (including phenoxy) is 4. The lowest BCUT2D eigenvalue weighted by Gasteiger charge is -2.36. The van der Waals surface area contributed by atoms with Crippen LogP contribution in [0.15, 0.2) is 132 Å². The standard InChI is InChI=1S/C43H44N2O7S/c1-49-38-13-6-7-14-40(38)53-28-36-25-39(33-17-15-30(27-46)16-18-33)52-42(51-36)34-21-19-32(20-22-34)35-12-8-11-31(23-35)26-44-43(48)45-37(41(47)50-2)24-29-9-4-3-5-10-29/h3-23,36-37,39,42,46H,24-28H2,1-2H3,(H2,44,45,48). The maximum Gasteiger partial charge on any atom is 0.328 e. The Hall–Kier alpha value is -5.13. The summed E-state index contributed by atoms with van der Waals surface area (Å²) in [6, 6.07) is 40.2. The van der Waals surface area contributed by atoms with Crippen molar-refractivity contribution in [2.75, 3.05) is 20.0 Å². The second kappa shape index (κ2) is 18.6. The maximum absolute atomic E-state index is 12.8. The Labute approximate surface area is 314 Å². The number of hydrogen-bond donors (Lipinski definition) is 3. The van der Waals surface area contributed by atoms with Gasteiger partial charge >= 0.3 is 12.0 Å². The van der Waals surface area contributed by atoms with E-state index in [1.165, 1.54) is 7.11 Å². The topological polar surface area (TPSA) is 115 Å². The van der Waals surface area contributed by atoms with Crippen LogP contribution in [0.1, 0.15) is 46.6 Å². The van der Waals surface area contributed by atoms with E-state index >= 15 is 0 Å². The van der Waals surface area contributed by atoms with Crippen LogP contribution in [0, 0.1) is 0 Å². The molecule has 53 heavy (non-hydrogen) atoms. The van der Waals surface area contributed by atoms with Gasteiger partial charge in [-0.05, 0) is 51.6 Å². The van der Waals surface area contributed by atoms with E-state index in [1.807, 2.05) is 121 Å². The average molecular weight is 733 g/mol. The van der Waals surface area contributed by atoms with Crippen LogP contribution >= 0.6 is 11.8 Å². The van der Waals surface area contributed by atoms with Gasteiger partial charge in [0.25, 0.3) is 0 Å². The first-order valence-corrected chi connectivity index (χ1v) is 18.5. The molecule has 4 atom stereocenters. The fourth-order valence-electron chi connectivity index (χ4n) is 6.21. The third-order valence-corrected chi connectivity index (χ3v) is 10.3. The third kappa shape index (κ3) is 10.3. The molecule has 10 heteroatoms. The Balaban J connectivity index is 1.11. The van der Waals surface area contributed by atoms with Gasteiger partial charge in [0.05, 0.1) is 33.0 Å². The van der Waals surface area contributed by atoms with E-state index in [9.17, 15) is 14.7 Å². The number of carbonyl (C=O) groups excluding carboxylic acids is 2. The van der Waals surface area contributed by atoms with Crippen LogP contribution in [0.3, 0.4) is 0 Å². The van der Waals surface area contributed by atoms with E-state index < -0.39 is 24.3 Å². The molecular formula is C43H44N2O7S. The Morgan fingerprint density at radius 2 is 1.51 bits per heavy atom. The minimum atomic E-state index is -0.812. The van der Waals surface area contributed by atoms with Crippen molar-refractivity contribution in [2.24, 2.45) is 0 Å². The predicted molar refractivity (Wildman–Crippen MR) is 205 cm³/mol. The molecule has 0 radical (unpaired) electrons. The molecule has 5 aromatic rings. The van der Waals surface area contributed by atoms with Crippen molar-refractivity contribution in [3.63, 3.8) is 0 Å². The molecule has 6 rings (SSSR count). The Bertz CT molecular complexity index is 1940. The molecular weight excluding hydrogens is 689 g/mol. The van der Waals surface area contributed by atoms with Crippen molar-refractivity contribution < 1.29 is 33.6 Å². The van der Waals surface area contributed by atoms with Crippen LogP contribution in [0.5, 0.6) is 5.75 Å². The van der Waals surface area contributed by atoms with Gasteiger partial charge in [0.15, 0.2) is 6.29 Å². The highest BCUT2D eigenvalue weighted by Gasteiger charge is 2.32. The van der Waals surface area contributed by atoms with Gasteiger partial charge in [-0.1, -0.05) is 109 Å². The Morgan fingerprint density at radius 3 is 2.25 bits per heavy atom. The van der Waals surface area contributed by atoms with Gasteiger partial charge in [-0.15, -0.1) is 11.8 Å². The lowest BCUT2D eigenvalue weighted by molar-refractivity contribution is -0.245. The maximum atomic E-state index is 12.8. The lowest BCUT2D eigenvalue weighted by atomic mass is 9.99. The first-order chi connectivity index (χ1) is 25.9. The fourth-order valence-corrected chi connectivity index (χ4v) is 7.26. The molecule has 274 valence electrons. The number of nitrogens with one attached hydrogen (secondary N) is 2. The van der Waals surface area contributed by atoms with E-state index in [0.29, 0.717) is 12.8 Å². The first kappa shape index (κ1) is 37.6. The Kier molecular flexibility index (Phi) is 13.2. The summed E-state index contributed by atoms with van der Waals surface area (Å²) in [5, 5.41) is 15.2. The highest BCUT2D eigenvalue weighted by atomic mass is 32.2. The van der Waals surface area contributed by atoms with Crippen molar-refractivity contribution in [3.05, 3.63) is 155 Å². The monoisotopic (exact) mass is 732 g/mol. The molecule has 0 bridgehead atoms. The number of aliphatic hydroxyl groups is 1. The summed E-state index contributed by atoms with van der Waals surface area (Å²) >= 11 is 1.70. The molecule has 4 unspecified atom stereocenters. The second-order valence-electron chi connectivity index (χ2n) is 12.7. The van der Waals surface area contributed by atoms with Gasteiger partial charge in [0.2, 0.25) is 0 Å². The Morgan fingerprint density at radius 1 is 0.792 bits per heavy atom. The summed E-state index contributed by atoms with van der Waals surface area (Å²) in [6.45, 7) is 0.263. The van der Waals surface area contributed by atoms with E-state index in [1.54, 1.807) is 18.9 Å². The molecule has 1 heterocycles. The number of amides is 2. The van der Waals surface area contributed by atoms with Crippen molar-refractivity contribution in [2.45, 2.75) is 55.4 Å². The summed E-state index contributed by atoms with van der Waals surface area (Å²) in [5.41, 5.74) is 6.61. The number of aliphatic hydroxyl groups excluding tert-OH is 1. The summed E-state index contributed by atoms with van der Waals surface area (Å²) in [7, 11) is 2.99. The highest BCUT2D eigenvalue weighted by molar-refractivity contribution is 7.99. The molecule has 1 aliphatic rings. The van der Waals surface area contributed by atoms with Crippen molar-refractivity contribution >= 4 is 23.8 Å². The second-order valence-corrected chi connectivity index (χ2v) is 13.8. The highest BCUT2D eigenvalue weighted by Crippen LogP contribution is 2.40. The van der Waals surface area contributed by atoms with Crippen LogP contribution in [-0.4, -0.2) is 49.2 Å². The molecule has 3 N–H and O–H groups in total. The normalized spacial score (nSPS) is 17.4. The van der Waals surface area contributed by atoms with Gasteiger partial charge in [-0.3, -0.25) is 0 Å². The molecule has 0 spiro atoms. The summed E-state index contributed by atoms with van der Waals surface area (Å²) < 4.78 is 23.6. The molecule has 1 aliphatic heterocycles. The zero-order valence-corrected chi connectivity index (χ0v) is 30.6. The van der Waals surface area contributed by atoms with Crippen LogP contribution in [-0.2, 0) is 38.6 Å². The van der Waals surface area contributed by atoms with Crippen LogP contribution in [0.25, 0.3) is 11.1 Å². The van der Waals surface area contributed by atoms with Crippen molar-refractivity contribution in [1.29, 1.82) is 0 Å². The summed E-state index contributed by atoms with van der Waals surface area (Å²) in [5.74, 6) is 1.05. The van der Waals surface area contributed by atoms with Crippen LogP contribution < -0.4 is 15.4 Å². The molecule has 5 aromatic carbocycles. The van der Waals surface area contributed by atoms with Crippen LogP contribution in [0.2, 0.25) is 0 Å². The minimum absolute atomic E-state index is 0.0104. The third-order valence-electron chi connectivity index (χ3n) is 9.08. The van der Waals surface area contributed by atoms with Gasteiger partial charge in [-0.25, -0.2) is 9.59 Å². The number of hydrogen-bond acceptors (Lipinski definition) is 8. The van der Waals surface area contributed by atoms with Gasteiger partial charge < -0.3 is 34.7 Å². The minimum Gasteiger partial charge on any atom is -0.496 e. The lowest BCUT2D eigenvalue weighted by Crippen LogP contribution is -2.47. The van der Waals surface area contributed by atoms with Crippen molar-refractivity contribution in [1.82, 2.24) is 10.6 Å². The number of esters is 1.